The fourth-order valence-electron chi connectivity index (χ4n) is 1.76. The fraction of sp³-hybridized carbons (Fsp3) is 0.0833. The number of benzene rings is 1. The molecule has 3 aromatic rings. The van der Waals surface area contributed by atoms with Gasteiger partial charge in [-0.2, -0.15) is 5.10 Å². The molecule has 0 saturated heterocycles. The van der Waals surface area contributed by atoms with E-state index in [1.807, 2.05) is 30.3 Å². The normalized spacial score (nSPS) is 11.1. The molecule has 5 heteroatoms. The average Bonchev–Trinajstić information content (AvgIpc) is 2.87. The molecule has 0 amide bonds. The van der Waals surface area contributed by atoms with Gasteiger partial charge in [-0.15, -0.1) is 0 Å². The van der Waals surface area contributed by atoms with E-state index in [9.17, 15) is 0 Å². The first-order chi connectivity index (χ1) is 8.24. The Hall–Kier alpha value is -1.94. The van der Waals surface area contributed by atoms with Gasteiger partial charge in [0.2, 0.25) is 0 Å². The van der Waals surface area contributed by atoms with Gasteiger partial charge in [-0.1, -0.05) is 29.8 Å². The van der Waals surface area contributed by atoms with Gasteiger partial charge in [-0.3, -0.25) is 0 Å². The van der Waals surface area contributed by atoms with E-state index in [0.29, 0.717) is 17.4 Å². The predicted octanol–water partition coefficient (Wildman–Crippen LogP) is 2.91. The van der Waals surface area contributed by atoms with Gasteiger partial charge in [0, 0.05) is 5.39 Å². The molecule has 0 saturated carbocycles. The number of halogens is 1. The second kappa shape index (κ2) is 3.82. The van der Waals surface area contributed by atoms with Crippen LogP contribution in [0.3, 0.4) is 0 Å². The Kier molecular flexibility index (Phi) is 2.30. The second-order valence-electron chi connectivity index (χ2n) is 3.79. The van der Waals surface area contributed by atoms with Crippen LogP contribution in [0, 0.1) is 0 Å². The van der Waals surface area contributed by atoms with E-state index in [-0.39, 0.29) is 0 Å². The molecule has 2 N–H and O–H groups in total. The Balaban J connectivity index is 1.97. The van der Waals surface area contributed by atoms with Gasteiger partial charge in [0.05, 0.1) is 6.20 Å². The zero-order valence-corrected chi connectivity index (χ0v) is 9.69. The SMILES string of the molecule is Nc1c(Cl)cnn1Cc1cc2ccccc2o1. The van der Waals surface area contributed by atoms with Crippen LogP contribution in [0.25, 0.3) is 11.0 Å². The number of rotatable bonds is 2. The highest BCUT2D eigenvalue weighted by molar-refractivity contribution is 6.32. The molecule has 2 heterocycles. The Labute approximate surface area is 103 Å². The maximum absolute atomic E-state index is 5.84. The third kappa shape index (κ3) is 1.76. The molecule has 0 radical (unpaired) electrons. The average molecular weight is 248 g/mol. The first-order valence-corrected chi connectivity index (χ1v) is 5.56. The Morgan fingerprint density at radius 3 is 2.88 bits per heavy atom. The third-order valence-electron chi connectivity index (χ3n) is 2.62. The smallest absolute Gasteiger partial charge is 0.141 e. The van der Waals surface area contributed by atoms with Crippen molar-refractivity contribution in [3.05, 3.63) is 47.3 Å². The van der Waals surface area contributed by atoms with Crippen LogP contribution in [0.4, 0.5) is 5.82 Å². The molecule has 0 unspecified atom stereocenters. The minimum atomic E-state index is 0.451. The Morgan fingerprint density at radius 2 is 2.18 bits per heavy atom. The van der Waals surface area contributed by atoms with Crippen LogP contribution in [-0.2, 0) is 6.54 Å². The topological polar surface area (TPSA) is 57.0 Å². The molecule has 17 heavy (non-hydrogen) atoms. The number of fused-ring (bicyclic) bond motifs is 1. The number of anilines is 1. The molecule has 4 nitrogen and oxygen atoms in total. The first kappa shape index (κ1) is 10.2. The summed E-state index contributed by atoms with van der Waals surface area (Å²) in [6, 6.07) is 9.82. The summed E-state index contributed by atoms with van der Waals surface area (Å²) in [6.07, 6.45) is 1.53. The number of aromatic nitrogens is 2. The minimum absolute atomic E-state index is 0.451. The van der Waals surface area contributed by atoms with Crippen molar-refractivity contribution in [2.24, 2.45) is 0 Å². The number of hydrogen-bond acceptors (Lipinski definition) is 3. The first-order valence-electron chi connectivity index (χ1n) is 5.18. The fourth-order valence-corrected chi connectivity index (χ4v) is 1.90. The Morgan fingerprint density at radius 1 is 1.35 bits per heavy atom. The van der Waals surface area contributed by atoms with E-state index in [1.54, 1.807) is 4.68 Å². The lowest BCUT2D eigenvalue weighted by Crippen LogP contribution is -2.04. The van der Waals surface area contributed by atoms with Crippen molar-refractivity contribution >= 4 is 28.4 Å². The van der Waals surface area contributed by atoms with E-state index in [4.69, 9.17) is 21.8 Å². The molecular weight excluding hydrogens is 238 g/mol. The summed E-state index contributed by atoms with van der Waals surface area (Å²) >= 11 is 5.84. The molecule has 86 valence electrons. The van der Waals surface area contributed by atoms with Gasteiger partial charge in [0.15, 0.2) is 0 Å². The summed E-state index contributed by atoms with van der Waals surface area (Å²) in [4.78, 5) is 0. The van der Waals surface area contributed by atoms with Crippen molar-refractivity contribution < 1.29 is 4.42 Å². The monoisotopic (exact) mass is 247 g/mol. The van der Waals surface area contributed by atoms with Crippen LogP contribution in [0.15, 0.2) is 40.9 Å². The summed E-state index contributed by atoms with van der Waals surface area (Å²) < 4.78 is 7.29. The summed E-state index contributed by atoms with van der Waals surface area (Å²) in [5.41, 5.74) is 6.63. The lowest BCUT2D eigenvalue weighted by Gasteiger charge is -2.00. The lowest BCUT2D eigenvalue weighted by atomic mass is 10.2. The molecule has 0 aliphatic carbocycles. The summed E-state index contributed by atoms with van der Waals surface area (Å²) in [7, 11) is 0. The van der Waals surface area contributed by atoms with Gasteiger partial charge >= 0.3 is 0 Å². The van der Waals surface area contributed by atoms with Gasteiger partial charge in [-0.05, 0) is 12.1 Å². The van der Waals surface area contributed by atoms with E-state index in [2.05, 4.69) is 5.10 Å². The van der Waals surface area contributed by atoms with Crippen LogP contribution in [0.2, 0.25) is 5.02 Å². The molecular formula is C12H10ClN3O. The number of nitrogen functional groups attached to an aromatic ring is 1. The van der Waals surface area contributed by atoms with E-state index >= 15 is 0 Å². The van der Waals surface area contributed by atoms with Crippen molar-refractivity contribution in [3.63, 3.8) is 0 Å². The molecule has 0 atom stereocenters. The molecule has 0 bridgehead atoms. The highest BCUT2D eigenvalue weighted by atomic mass is 35.5. The molecule has 2 aromatic heterocycles. The van der Waals surface area contributed by atoms with Crippen molar-refractivity contribution in [3.8, 4) is 0 Å². The molecule has 1 aromatic carbocycles. The third-order valence-corrected chi connectivity index (χ3v) is 2.91. The maximum Gasteiger partial charge on any atom is 0.141 e. The van der Waals surface area contributed by atoms with Crippen molar-refractivity contribution in [2.45, 2.75) is 6.54 Å². The van der Waals surface area contributed by atoms with Crippen LogP contribution in [0.5, 0.6) is 0 Å². The molecule has 3 rings (SSSR count). The molecule has 0 spiro atoms. The predicted molar refractivity (Wildman–Crippen MR) is 67.0 cm³/mol. The van der Waals surface area contributed by atoms with Gasteiger partial charge in [0.1, 0.15) is 28.7 Å². The van der Waals surface area contributed by atoms with Crippen molar-refractivity contribution in [1.29, 1.82) is 0 Å². The zero-order valence-electron chi connectivity index (χ0n) is 8.93. The summed E-state index contributed by atoms with van der Waals surface area (Å²) in [5, 5.41) is 5.61. The van der Waals surface area contributed by atoms with Crippen LogP contribution < -0.4 is 5.73 Å². The molecule has 0 fully saturated rings. The highest BCUT2D eigenvalue weighted by Gasteiger charge is 2.08. The molecule has 0 aliphatic heterocycles. The molecule has 0 aliphatic rings. The van der Waals surface area contributed by atoms with Crippen LogP contribution in [-0.4, -0.2) is 9.78 Å². The van der Waals surface area contributed by atoms with E-state index in [0.717, 1.165) is 16.7 Å². The highest BCUT2D eigenvalue weighted by Crippen LogP contribution is 2.22. The standard InChI is InChI=1S/C12H10ClN3O/c13-10-6-15-16(12(10)14)7-9-5-8-3-1-2-4-11(8)17-9/h1-6H,7,14H2. The summed E-state index contributed by atoms with van der Waals surface area (Å²) in [5.74, 6) is 1.25. The van der Waals surface area contributed by atoms with Gasteiger partial charge in [0.25, 0.3) is 0 Å². The van der Waals surface area contributed by atoms with Gasteiger partial charge < -0.3 is 10.2 Å². The number of nitrogens with zero attached hydrogens (tertiary/aromatic N) is 2. The van der Waals surface area contributed by atoms with E-state index in [1.165, 1.54) is 6.20 Å². The van der Waals surface area contributed by atoms with Gasteiger partial charge in [-0.25, -0.2) is 4.68 Å². The zero-order chi connectivity index (χ0) is 11.8. The Bertz CT molecular complexity index is 638. The quantitative estimate of drug-likeness (QED) is 0.758. The summed E-state index contributed by atoms with van der Waals surface area (Å²) in [6.45, 7) is 0.479. The van der Waals surface area contributed by atoms with Crippen LogP contribution >= 0.6 is 11.6 Å². The second-order valence-corrected chi connectivity index (χ2v) is 4.19. The number of para-hydroxylation sites is 1. The largest absolute Gasteiger partial charge is 0.459 e. The number of nitrogens with two attached hydrogens (primary N) is 1. The van der Waals surface area contributed by atoms with Crippen molar-refractivity contribution in [2.75, 3.05) is 5.73 Å². The number of furan rings is 1. The van der Waals surface area contributed by atoms with Crippen LogP contribution in [0.1, 0.15) is 5.76 Å². The lowest BCUT2D eigenvalue weighted by molar-refractivity contribution is 0.513. The van der Waals surface area contributed by atoms with E-state index < -0.39 is 0 Å². The minimum Gasteiger partial charge on any atom is -0.459 e. The maximum atomic E-state index is 5.84. The van der Waals surface area contributed by atoms with Crippen molar-refractivity contribution in [1.82, 2.24) is 9.78 Å². The number of hydrogen-bond donors (Lipinski definition) is 1.